The molecule has 0 bridgehead atoms. The van der Waals surface area contributed by atoms with Gasteiger partial charge in [0.05, 0.1) is 0 Å². The third-order valence-electron chi connectivity index (χ3n) is 5.01. The number of halogens is 1. The molecule has 1 aliphatic heterocycles. The van der Waals surface area contributed by atoms with Crippen molar-refractivity contribution in [3.05, 3.63) is 59.9 Å². The number of piperidine rings is 1. The molecule has 0 unspecified atom stereocenters. The van der Waals surface area contributed by atoms with Crippen LogP contribution in [0.5, 0.6) is 0 Å². The van der Waals surface area contributed by atoms with Crippen molar-refractivity contribution in [2.24, 2.45) is 5.92 Å². The molecule has 0 spiro atoms. The molecule has 1 heterocycles. The van der Waals surface area contributed by atoms with Crippen LogP contribution >= 0.6 is 23.9 Å². The number of nitrogens with zero attached hydrogens (tertiary/aromatic N) is 2. The van der Waals surface area contributed by atoms with Gasteiger partial charge in [0, 0.05) is 42.8 Å². The Morgan fingerprint density at radius 1 is 1.07 bits per heavy atom. The molecule has 1 N–H and O–H groups in total. The van der Waals surface area contributed by atoms with Crippen LogP contribution in [-0.4, -0.2) is 40.5 Å². The summed E-state index contributed by atoms with van der Waals surface area (Å²) >= 11 is 3.62. The molecule has 29 heavy (non-hydrogen) atoms. The molecule has 3 nitrogen and oxygen atoms in total. The van der Waals surface area contributed by atoms with E-state index in [1.165, 1.54) is 35.6 Å². The number of nitrogens with one attached hydrogen (secondary N) is 1. The maximum absolute atomic E-state index is 13.2. The molecule has 0 atom stereocenters. The molecular formula is C23H32FN3S2. The fourth-order valence-corrected chi connectivity index (χ4v) is 5.23. The highest BCUT2D eigenvalue weighted by molar-refractivity contribution is 7.97. The van der Waals surface area contributed by atoms with Crippen molar-refractivity contribution in [2.45, 2.75) is 44.2 Å². The minimum atomic E-state index is -0.181. The highest BCUT2D eigenvalue weighted by Crippen LogP contribution is 2.28. The van der Waals surface area contributed by atoms with Crippen molar-refractivity contribution < 1.29 is 4.39 Å². The smallest absolute Gasteiger partial charge is 0.123 e. The summed E-state index contributed by atoms with van der Waals surface area (Å²) in [6, 6.07) is 16.2. The lowest BCUT2D eigenvalue weighted by atomic mass is 10.1. The molecule has 158 valence electrons. The van der Waals surface area contributed by atoms with Gasteiger partial charge < -0.3 is 5.32 Å². The van der Waals surface area contributed by atoms with Crippen LogP contribution in [0.4, 0.5) is 10.1 Å². The van der Waals surface area contributed by atoms with Crippen molar-refractivity contribution in [3.63, 3.8) is 0 Å². The van der Waals surface area contributed by atoms with Crippen LogP contribution in [-0.2, 0) is 6.54 Å². The Balaban J connectivity index is 1.56. The monoisotopic (exact) mass is 433 g/mol. The lowest BCUT2D eigenvalue weighted by Gasteiger charge is -2.31. The number of hydrogen-bond acceptors (Lipinski definition) is 5. The number of benzene rings is 2. The molecule has 0 radical (unpaired) electrons. The Morgan fingerprint density at radius 2 is 1.72 bits per heavy atom. The summed E-state index contributed by atoms with van der Waals surface area (Å²) < 4.78 is 18.0. The quantitative estimate of drug-likeness (QED) is 0.477. The van der Waals surface area contributed by atoms with Gasteiger partial charge >= 0.3 is 0 Å². The zero-order chi connectivity index (χ0) is 20.6. The number of anilines is 1. The highest BCUT2D eigenvalue weighted by atomic mass is 32.2. The van der Waals surface area contributed by atoms with Gasteiger partial charge in [-0.15, -0.1) is 0 Å². The van der Waals surface area contributed by atoms with Gasteiger partial charge in [-0.05, 0) is 78.9 Å². The summed E-state index contributed by atoms with van der Waals surface area (Å²) in [5.74, 6) is 0.384. The minimum absolute atomic E-state index is 0.181. The second-order valence-electron chi connectivity index (χ2n) is 7.99. The Hall–Kier alpha value is -1.21. The SMILES string of the molecule is CSN1CCC(Nc2ccc(SN(Cc3ccc(F)cc3)CC(C)C)cc2)CC1. The van der Waals surface area contributed by atoms with E-state index in [9.17, 15) is 4.39 Å². The predicted octanol–water partition coefficient (Wildman–Crippen LogP) is 6.15. The summed E-state index contributed by atoms with van der Waals surface area (Å²) in [6.07, 6.45) is 4.54. The maximum Gasteiger partial charge on any atom is 0.123 e. The first kappa shape index (κ1) is 22.5. The third-order valence-corrected chi connectivity index (χ3v) is 6.91. The molecule has 2 aromatic carbocycles. The summed E-state index contributed by atoms with van der Waals surface area (Å²) in [7, 11) is 0. The van der Waals surface area contributed by atoms with Gasteiger partial charge in [0.25, 0.3) is 0 Å². The normalized spacial score (nSPS) is 15.9. The molecule has 0 saturated carbocycles. The first-order valence-electron chi connectivity index (χ1n) is 10.3. The van der Waals surface area contributed by atoms with Crippen LogP contribution in [0.15, 0.2) is 53.4 Å². The first-order valence-corrected chi connectivity index (χ1v) is 12.3. The van der Waals surface area contributed by atoms with Crippen molar-refractivity contribution in [2.75, 3.05) is 31.2 Å². The summed E-state index contributed by atoms with van der Waals surface area (Å²) in [5.41, 5.74) is 2.33. The molecule has 0 aromatic heterocycles. The van der Waals surface area contributed by atoms with Crippen LogP contribution in [0.25, 0.3) is 0 Å². The Bertz CT molecular complexity index is 729. The van der Waals surface area contributed by atoms with Crippen molar-refractivity contribution in [1.29, 1.82) is 0 Å². The van der Waals surface area contributed by atoms with Crippen LogP contribution in [0.1, 0.15) is 32.3 Å². The van der Waals surface area contributed by atoms with E-state index in [0.29, 0.717) is 12.0 Å². The summed E-state index contributed by atoms with van der Waals surface area (Å²) in [6.45, 7) is 8.55. The van der Waals surface area contributed by atoms with Crippen molar-refractivity contribution in [3.8, 4) is 0 Å². The zero-order valence-electron chi connectivity index (χ0n) is 17.6. The Morgan fingerprint density at radius 3 is 2.31 bits per heavy atom. The second kappa shape index (κ2) is 11.3. The van der Waals surface area contributed by atoms with E-state index in [4.69, 9.17) is 0 Å². The van der Waals surface area contributed by atoms with Crippen LogP contribution in [0.2, 0.25) is 0 Å². The Kier molecular flexibility index (Phi) is 8.72. The van der Waals surface area contributed by atoms with E-state index >= 15 is 0 Å². The van der Waals surface area contributed by atoms with E-state index < -0.39 is 0 Å². The molecule has 3 rings (SSSR count). The number of rotatable bonds is 9. The molecule has 2 aromatic rings. The second-order valence-corrected chi connectivity index (χ2v) is 10.0. The van der Waals surface area contributed by atoms with E-state index in [-0.39, 0.29) is 5.82 Å². The highest BCUT2D eigenvalue weighted by Gasteiger charge is 2.18. The molecule has 6 heteroatoms. The van der Waals surface area contributed by atoms with Gasteiger partial charge in [0.2, 0.25) is 0 Å². The van der Waals surface area contributed by atoms with Crippen molar-refractivity contribution >= 4 is 29.6 Å². The van der Waals surface area contributed by atoms with E-state index in [2.05, 4.69) is 58.3 Å². The molecule has 0 aliphatic carbocycles. The maximum atomic E-state index is 13.2. The van der Waals surface area contributed by atoms with Crippen molar-refractivity contribution in [1.82, 2.24) is 8.61 Å². The van der Waals surface area contributed by atoms with Crippen LogP contribution in [0, 0.1) is 11.7 Å². The summed E-state index contributed by atoms with van der Waals surface area (Å²) in [4.78, 5) is 1.23. The largest absolute Gasteiger partial charge is 0.382 e. The summed E-state index contributed by atoms with van der Waals surface area (Å²) in [5, 5.41) is 3.69. The van der Waals surface area contributed by atoms with E-state index in [1.807, 2.05) is 24.1 Å². The van der Waals surface area contributed by atoms with E-state index in [1.54, 1.807) is 11.9 Å². The molecule has 1 aliphatic rings. The van der Waals surface area contributed by atoms with Gasteiger partial charge in [-0.1, -0.05) is 37.9 Å². The van der Waals surface area contributed by atoms with Gasteiger partial charge in [-0.3, -0.25) is 4.31 Å². The average molecular weight is 434 g/mol. The molecular weight excluding hydrogens is 401 g/mol. The average Bonchev–Trinajstić information content (AvgIpc) is 2.71. The topological polar surface area (TPSA) is 18.5 Å². The van der Waals surface area contributed by atoms with Gasteiger partial charge in [-0.25, -0.2) is 8.70 Å². The van der Waals surface area contributed by atoms with Crippen LogP contribution in [0.3, 0.4) is 0 Å². The standard InChI is InChI=1S/C23H32FN3S2/c1-18(2)16-27(17-19-4-6-20(24)7-5-19)29-23-10-8-21(9-11-23)25-22-12-14-26(28-3)15-13-22/h4-11,18,22,25H,12-17H2,1-3H3. The lowest BCUT2D eigenvalue weighted by molar-refractivity contribution is 0.359. The molecule has 1 fully saturated rings. The first-order chi connectivity index (χ1) is 14.0. The predicted molar refractivity (Wildman–Crippen MR) is 126 cm³/mol. The minimum Gasteiger partial charge on any atom is -0.382 e. The zero-order valence-corrected chi connectivity index (χ0v) is 19.2. The third kappa shape index (κ3) is 7.52. The molecule has 0 amide bonds. The van der Waals surface area contributed by atoms with Gasteiger partial charge in [-0.2, -0.15) is 0 Å². The number of hydrogen-bond donors (Lipinski definition) is 1. The lowest BCUT2D eigenvalue weighted by Crippen LogP contribution is -2.35. The Labute approximate surface area is 183 Å². The van der Waals surface area contributed by atoms with Crippen LogP contribution < -0.4 is 5.32 Å². The van der Waals surface area contributed by atoms with Gasteiger partial charge in [0.15, 0.2) is 0 Å². The fraction of sp³-hybridized carbons (Fsp3) is 0.478. The van der Waals surface area contributed by atoms with Gasteiger partial charge in [0.1, 0.15) is 5.82 Å². The fourth-order valence-electron chi connectivity index (χ4n) is 3.51. The molecule has 1 saturated heterocycles. The van der Waals surface area contributed by atoms with E-state index in [0.717, 1.165) is 31.7 Å².